The van der Waals surface area contributed by atoms with Crippen LogP contribution in [0.3, 0.4) is 0 Å². The van der Waals surface area contributed by atoms with E-state index in [1.54, 1.807) is 35.3 Å². The summed E-state index contributed by atoms with van der Waals surface area (Å²) in [6.45, 7) is 0.648. The van der Waals surface area contributed by atoms with Gasteiger partial charge in [-0.1, -0.05) is 0 Å². The molecule has 0 radical (unpaired) electrons. The van der Waals surface area contributed by atoms with Crippen molar-refractivity contribution in [2.75, 3.05) is 20.2 Å². The minimum atomic E-state index is -3.65. The van der Waals surface area contributed by atoms with E-state index in [-0.39, 0.29) is 11.0 Å². The van der Waals surface area contributed by atoms with Crippen molar-refractivity contribution in [3.05, 3.63) is 60.4 Å². The fraction of sp³-hybridized carbons (Fsp3) is 0.300. The molecule has 0 aliphatic carbocycles. The van der Waals surface area contributed by atoms with E-state index in [2.05, 4.69) is 20.0 Å². The molecule has 0 spiro atoms. The van der Waals surface area contributed by atoms with Gasteiger partial charge in [-0.15, -0.1) is 10.2 Å². The molecule has 3 aromatic rings. The number of ether oxygens (including phenoxy) is 2. The number of piperidine rings is 1. The summed E-state index contributed by atoms with van der Waals surface area (Å²) >= 11 is 0. The maximum Gasteiger partial charge on any atom is 0.337 e. The van der Waals surface area contributed by atoms with Gasteiger partial charge in [-0.05, 0) is 49.2 Å². The van der Waals surface area contributed by atoms with Crippen molar-refractivity contribution >= 4 is 16.0 Å². The van der Waals surface area contributed by atoms with Crippen LogP contribution in [-0.4, -0.2) is 65.0 Å². The summed E-state index contributed by atoms with van der Waals surface area (Å²) < 4.78 is 39.3. The molecular formula is C20H21N5O5S. The van der Waals surface area contributed by atoms with Gasteiger partial charge in [-0.2, -0.15) is 9.40 Å². The molecule has 2 aromatic heterocycles. The molecule has 0 atom stereocenters. The Morgan fingerprint density at radius 2 is 1.81 bits per heavy atom. The molecule has 1 aromatic carbocycles. The number of sulfonamides is 1. The van der Waals surface area contributed by atoms with Gasteiger partial charge in [-0.3, -0.25) is 0 Å². The fourth-order valence-corrected chi connectivity index (χ4v) is 4.76. The normalized spacial score (nSPS) is 15.5. The third-order valence-corrected chi connectivity index (χ3v) is 6.88. The van der Waals surface area contributed by atoms with Gasteiger partial charge in [-0.25, -0.2) is 17.9 Å². The van der Waals surface area contributed by atoms with E-state index in [0.717, 1.165) is 0 Å². The van der Waals surface area contributed by atoms with Crippen molar-refractivity contribution in [1.29, 1.82) is 0 Å². The first-order valence-corrected chi connectivity index (χ1v) is 11.1. The Morgan fingerprint density at radius 1 is 1.06 bits per heavy atom. The van der Waals surface area contributed by atoms with Crippen LogP contribution in [0.4, 0.5) is 0 Å². The molecule has 4 rings (SSSR count). The summed E-state index contributed by atoms with van der Waals surface area (Å²) in [5.74, 6) is 0.453. The van der Waals surface area contributed by atoms with Crippen LogP contribution in [0.5, 0.6) is 5.88 Å². The average molecular weight is 443 g/mol. The van der Waals surface area contributed by atoms with Crippen LogP contribution < -0.4 is 4.74 Å². The van der Waals surface area contributed by atoms with Crippen LogP contribution in [0.2, 0.25) is 0 Å². The molecule has 0 N–H and O–H groups in total. The molecule has 0 amide bonds. The van der Waals surface area contributed by atoms with E-state index in [1.807, 2.05) is 0 Å². The minimum Gasteiger partial charge on any atom is -0.473 e. The van der Waals surface area contributed by atoms with Gasteiger partial charge in [0.1, 0.15) is 6.10 Å². The second-order valence-electron chi connectivity index (χ2n) is 6.92. The third kappa shape index (κ3) is 4.57. The van der Waals surface area contributed by atoms with Crippen molar-refractivity contribution in [2.45, 2.75) is 23.8 Å². The lowest BCUT2D eigenvalue weighted by Gasteiger charge is -2.31. The topological polar surface area (TPSA) is 117 Å². The second kappa shape index (κ2) is 8.82. The summed E-state index contributed by atoms with van der Waals surface area (Å²) in [6.07, 6.45) is 4.33. The summed E-state index contributed by atoms with van der Waals surface area (Å²) in [5, 5.41) is 12.3. The number of rotatable bonds is 6. The maximum absolute atomic E-state index is 12.9. The van der Waals surface area contributed by atoms with E-state index >= 15 is 0 Å². The zero-order valence-electron chi connectivity index (χ0n) is 16.8. The van der Waals surface area contributed by atoms with E-state index < -0.39 is 16.0 Å². The zero-order valence-corrected chi connectivity index (χ0v) is 17.6. The smallest absolute Gasteiger partial charge is 0.337 e. The molecule has 0 bridgehead atoms. The Morgan fingerprint density at radius 3 is 2.39 bits per heavy atom. The van der Waals surface area contributed by atoms with Gasteiger partial charge in [0.25, 0.3) is 0 Å². The quantitative estimate of drug-likeness (QED) is 0.528. The fourth-order valence-electron chi connectivity index (χ4n) is 3.29. The van der Waals surface area contributed by atoms with E-state index in [9.17, 15) is 13.2 Å². The summed E-state index contributed by atoms with van der Waals surface area (Å²) in [4.78, 5) is 11.7. The Balaban J connectivity index is 1.35. The van der Waals surface area contributed by atoms with Gasteiger partial charge in [0.2, 0.25) is 15.9 Å². The van der Waals surface area contributed by atoms with E-state index in [1.165, 1.54) is 35.7 Å². The SMILES string of the molecule is COC(=O)c1ccc(S(=O)(=O)N2CCC(Oc3ccc(-n4cccn4)nn3)CC2)cc1. The first-order valence-electron chi connectivity index (χ1n) is 9.66. The Bertz CT molecular complexity index is 1120. The first-order chi connectivity index (χ1) is 15.0. The van der Waals surface area contributed by atoms with Gasteiger partial charge in [0.05, 0.1) is 17.6 Å². The predicted molar refractivity (Wildman–Crippen MR) is 109 cm³/mol. The highest BCUT2D eigenvalue weighted by Crippen LogP contribution is 2.23. The highest BCUT2D eigenvalue weighted by molar-refractivity contribution is 7.89. The summed E-state index contributed by atoms with van der Waals surface area (Å²) in [7, 11) is -2.37. The predicted octanol–water partition coefficient (Wildman–Crippen LogP) is 1.68. The van der Waals surface area contributed by atoms with Crippen LogP contribution >= 0.6 is 0 Å². The van der Waals surface area contributed by atoms with Crippen molar-refractivity contribution in [3.63, 3.8) is 0 Å². The van der Waals surface area contributed by atoms with Gasteiger partial charge < -0.3 is 9.47 Å². The molecule has 1 fully saturated rings. The van der Waals surface area contributed by atoms with Crippen LogP contribution in [-0.2, 0) is 14.8 Å². The Kier molecular flexibility index (Phi) is 5.96. The standard InChI is InChI=1S/C20H21N5O5S/c1-29-20(26)15-3-5-17(6-4-15)31(27,28)24-13-9-16(10-14-24)30-19-8-7-18(22-23-19)25-12-2-11-21-25/h2-8,11-12,16H,9-10,13-14H2,1H3. The number of benzene rings is 1. The number of hydrogen-bond acceptors (Lipinski definition) is 8. The lowest BCUT2D eigenvalue weighted by Crippen LogP contribution is -2.41. The average Bonchev–Trinajstić information content (AvgIpc) is 3.34. The molecule has 3 heterocycles. The molecule has 162 valence electrons. The largest absolute Gasteiger partial charge is 0.473 e. The number of carbonyl (C=O) groups excluding carboxylic acids is 1. The van der Waals surface area contributed by atoms with Crippen molar-refractivity contribution < 1.29 is 22.7 Å². The zero-order chi connectivity index (χ0) is 21.8. The van der Waals surface area contributed by atoms with Gasteiger partial charge >= 0.3 is 5.97 Å². The number of esters is 1. The molecule has 1 aliphatic rings. The van der Waals surface area contributed by atoms with Crippen molar-refractivity contribution in [2.24, 2.45) is 0 Å². The minimum absolute atomic E-state index is 0.139. The van der Waals surface area contributed by atoms with Gasteiger partial charge in [0, 0.05) is 31.5 Å². The van der Waals surface area contributed by atoms with Crippen LogP contribution in [0.25, 0.3) is 5.82 Å². The van der Waals surface area contributed by atoms with Crippen LogP contribution in [0, 0.1) is 0 Å². The molecule has 11 heteroatoms. The molecular weight excluding hydrogens is 422 g/mol. The Hall–Kier alpha value is -3.31. The summed E-state index contributed by atoms with van der Waals surface area (Å²) in [6, 6.07) is 11.0. The number of aromatic nitrogens is 4. The first kappa shape index (κ1) is 20.9. The highest BCUT2D eigenvalue weighted by atomic mass is 32.2. The lowest BCUT2D eigenvalue weighted by atomic mass is 10.1. The molecule has 0 saturated carbocycles. The number of hydrogen-bond donors (Lipinski definition) is 0. The second-order valence-corrected chi connectivity index (χ2v) is 8.86. The van der Waals surface area contributed by atoms with Crippen LogP contribution in [0.15, 0.2) is 59.8 Å². The monoisotopic (exact) mass is 443 g/mol. The molecule has 1 aliphatic heterocycles. The van der Waals surface area contributed by atoms with E-state index in [4.69, 9.17) is 4.74 Å². The molecule has 0 unspecified atom stereocenters. The number of nitrogens with zero attached hydrogens (tertiary/aromatic N) is 5. The van der Waals surface area contributed by atoms with E-state index in [0.29, 0.717) is 43.2 Å². The number of methoxy groups -OCH3 is 1. The lowest BCUT2D eigenvalue weighted by molar-refractivity contribution is 0.0600. The third-order valence-electron chi connectivity index (χ3n) is 4.97. The molecule has 1 saturated heterocycles. The summed E-state index contributed by atoms with van der Waals surface area (Å²) in [5.41, 5.74) is 0.299. The Labute approximate surface area is 179 Å². The van der Waals surface area contributed by atoms with Crippen LogP contribution in [0.1, 0.15) is 23.2 Å². The highest BCUT2D eigenvalue weighted by Gasteiger charge is 2.30. The number of carbonyl (C=O) groups is 1. The van der Waals surface area contributed by atoms with Crippen molar-refractivity contribution in [1.82, 2.24) is 24.3 Å². The van der Waals surface area contributed by atoms with Crippen molar-refractivity contribution in [3.8, 4) is 11.7 Å². The maximum atomic E-state index is 12.9. The van der Waals surface area contributed by atoms with Gasteiger partial charge in [0.15, 0.2) is 5.82 Å². The molecule has 10 nitrogen and oxygen atoms in total. The molecule has 31 heavy (non-hydrogen) atoms.